The molecule has 0 bridgehead atoms. The van der Waals surface area contributed by atoms with Crippen LogP contribution in [0.15, 0.2) is 48.5 Å². The second kappa shape index (κ2) is 8.81. The average molecular weight is 441 g/mol. The van der Waals surface area contributed by atoms with Gasteiger partial charge in [-0.25, -0.2) is 4.98 Å². The Kier molecular flexibility index (Phi) is 6.09. The fourth-order valence-electron chi connectivity index (χ4n) is 4.30. The van der Waals surface area contributed by atoms with E-state index in [2.05, 4.69) is 15.6 Å². The number of aryl methyl sites for hydroxylation is 1. The number of carbonyl (C=O) groups is 1. The van der Waals surface area contributed by atoms with E-state index < -0.39 is 11.9 Å². The fraction of sp³-hybridized carbons (Fsp3) is 0.360. The van der Waals surface area contributed by atoms with Gasteiger partial charge in [0.1, 0.15) is 5.69 Å². The lowest BCUT2D eigenvalue weighted by molar-refractivity contribution is -0.140. The first kappa shape index (κ1) is 22.1. The molecule has 0 atom stereocenters. The van der Waals surface area contributed by atoms with Crippen LogP contribution in [0.3, 0.4) is 0 Å². The number of nitrogens with one attached hydrogen (secondary N) is 2. The van der Waals surface area contributed by atoms with Gasteiger partial charge in [-0.15, -0.1) is 0 Å². The summed E-state index contributed by atoms with van der Waals surface area (Å²) in [5, 5.41) is 7.10. The first-order chi connectivity index (χ1) is 15.2. The topological polar surface area (TPSA) is 54.0 Å². The summed E-state index contributed by atoms with van der Waals surface area (Å²) in [4.78, 5) is 16.5. The zero-order valence-electron chi connectivity index (χ0n) is 18.1. The highest BCUT2D eigenvalue weighted by Gasteiger charge is 2.34. The zero-order chi connectivity index (χ0) is 22.9. The molecule has 1 amide bonds. The van der Waals surface area contributed by atoms with E-state index in [4.69, 9.17) is 0 Å². The number of pyridine rings is 1. The van der Waals surface area contributed by atoms with Gasteiger partial charge in [-0.1, -0.05) is 30.3 Å². The van der Waals surface area contributed by atoms with E-state index in [1.807, 2.05) is 32.0 Å². The molecule has 0 radical (unpaired) electrons. The third-order valence-corrected chi connectivity index (χ3v) is 6.28. The van der Waals surface area contributed by atoms with E-state index in [-0.39, 0.29) is 18.0 Å². The maximum Gasteiger partial charge on any atom is 0.433 e. The summed E-state index contributed by atoms with van der Waals surface area (Å²) in [6, 6.07) is 13.7. The Bertz CT molecular complexity index is 1130. The van der Waals surface area contributed by atoms with Crippen molar-refractivity contribution in [2.24, 2.45) is 0 Å². The van der Waals surface area contributed by atoms with Crippen molar-refractivity contribution in [3.8, 4) is 0 Å². The summed E-state index contributed by atoms with van der Waals surface area (Å²) < 4.78 is 39.9. The number of halogens is 3. The zero-order valence-corrected chi connectivity index (χ0v) is 18.1. The minimum atomic E-state index is -4.50. The lowest BCUT2D eigenvalue weighted by Gasteiger charge is -2.31. The molecule has 0 saturated heterocycles. The van der Waals surface area contributed by atoms with Crippen molar-refractivity contribution in [3.63, 3.8) is 0 Å². The van der Waals surface area contributed by atoms with Gasteiger partial charge in [-0.3, -0.25) is 4.79 Å². The van der Waals surface area contributed by atoms with Gasteiger partial charge in [-0.2, -0.15) is 13.2 Å². The Hall–Kier alpha value is -3.09. The Morgan fingerprint density at radius 1 is 0.969 bits per heavy atom. The molecule has 2 N–H and O–H groups in total. The van der Waals surface area contributed by atoms with E-state index in [9.17, 15) is 18.0 Å². The average Bonchev–Trinajstić information content (AvgIpc) is 2.76. The molecule has 1 saturated carbocycles. The van der Waals surface area contributed by atoms with E-state index in [0.717, 1.165) is 42.9 Å². The highest BCUT2D eigenvalue weighted by molar-refractivity contribution is 5.96. The lowest BCUT2D eigenvalue weighted by Crippen LogP contribution is -2.40. The molecule has 1 heterocycles. The molecular weight excluding hydrogens is 415 g/mol. The van der Waals surface area contributed by atoms with Gasteiger partial charge in [0, 0.05) is 28.7 Å². The number of anilines is 1. The summed E-state index contributed by atoms with van der Waals surface area (Å²) >= 11 is 0. The van der Waals surface area contributed by atoms with E-state index in [1.165, 1.54) is 0 Å². The van der Waals surface area contributed by atoms with Gasteiger partial charge in [-0.05, 0) is 68.9 Å². The Balaban J connectivity index is 1.43. The van der Waals surface area contributed by atoms with Crippen molar-refractivity contribution in [2.45, 2.75) is 57.8 Å². The number of carbonyl (C=O) groups excluding carboxylic acids is 1. The number of hydrogen-bond acceptors (Lipinski definition) is 3. The molecule has 4 rings (SSSR count). The Morgan fingerprint density at radius 3 is 2.38 bits per heavy atom. The van der Waals surface area contributed by atoms with Crippen LogP contribution in [-0.4, -0.2) is 23.0 Å². The molecule has 0 aliphatic heterocycles. The number of fused-ring (bicyclic) bond motifs is 1. The van der Waals surface area contributed by atoms with Crippen LogP contribution >= 0.6 is 0 Å². The van der Waals surface area contributed by atoms with Crippen molar-refractivity contribution in [1.82, 2.24) is 10.3 Å². The predicted molar refractivity (Wildman–Crippen MR) is 120 cm³/mol. The molecule has 1 fully saturated rings. The predicted octanol–water partition coefficient (Wildman–Crippen LogP) is 6.02. The first-order valence-corrected chi connectivity index (χ1v) is 10.8. The Morgan fingerprint density at radius 2 is 1.66 bits per heavy atom. The van der Waals surface area contributed by atoms with Crippen molar-refractivity contribution in [1.29, 1.82) is 0 Å². The smallest absolute Gasteiger partial charge is 0.382 e. The number of hydrogen-bond donors (Lipinski definition) is 2. The van der Waals surface area contributed by atoms with Gasteiger partial charge >= 0.3 is 6.18 Å². The van der Waals surface area contributed by atoms with Crippen LogP contribution < -0.4 is 10.6 Å². The van der Waals surface area contributed by atoms with Gasteiger partial charge in [0.15, 0.2) is 0 Å². The van der Waals surface area contributed by atoms with Gasteiger partial charge in [0.05, 0.1) is 5.52 Å². The second-order valence-electron chi connectivity index (χ2n) is 8.48. The molecule has 0 spiro atoms. The fourth-order valence-corrected chi connectivity index (χ4v) is 4.30. The number of para-hydroxylation sites is 1. The molecule has 168 valence electrons. The van der Waals surface area contributed by atoms with E-state index in [0.29, 0.717) is 22.2 Å². The minimum Gasteiger partial charge on any atom is -0.382 e. The molecule has 2 aromatic carbocycles. The minimum absolute atomic E-state index is 0.0377. The summed E-state index contributed by atoms with van der Waals surface area (Å²) in [6.07, 6.45) is -1.45. The highest BCUT2D eigenvalue weighted by atomic mass is 19.4. The van der Waals surface area contributed by atoms with Crippen LogP contribution in [-0.2, 0) is 6.18 Å². The maximum absolute atomic E-state index is 13.3. The van der Waals surface area contributed by atoms with Crippen molar-refractivity contribution >= 4 is 22.5 Å². The maximum atomic E-state index is 13.3. The molecule has 7 heteroatoms. The van der Waals surface area contributed by atoms with Crippen molar-refractivity contribution < 1.29 is 18.0 Å². The van der Waals surface area contributed by atoms with Crippen LogP contribution in [0.5, 0.6) is 0 Å². The summed E-state index contributed by atoms with van der Waals surface area (Å²) in [7, 11) is 0. The molecule has 1 aliphatic carbocycles. The van der Waals surface area contributed by atoms with Crippen LogP contribution in [0.25, 0.3) is 10.9 Å². The number of rotatable bonds is 4. The normalized spacial score (nSPS) is 19.0. The van der Waals surface area contributed by atoms with Crippen LogP contribution in [0.4, 0.5) is 18.9 Å². The SMILES string of the molecule is Cc1cccc(C(=O)NC2CCC(Nc3cc(C(F)(F)F)nc4ccccc34)CC2)c1C. The lowest BCUT2D eigenvalue weighted by atomic mass is 9.90. The largest absolute Gasteiger partial charge is 0.433 e. The molecule has 32 heavy (non-hydrogen) atoms. The molecule has 3 aromatic rings. The molecule has 1 aromatic heterocycles. The van der Waals surface area contributed by atoms with Gasteiger partial charge in [0.2, 0.25) is 0 Å². The van der Waals surface area contributed by atoms with Crippen molar-refractivity contribution in [2.75, 3.05) is 5.32 Å². The molecule has 1 aliphatic rings. The number of amides is 1. The Labute approximate surface area is 185 Å². The molecule has 4 nitrogen and oxygen atoms in total. The first-order valence-electron chi connectivity index (χ1n) is 10.8. The van der Waals surface area contributed by atoms with Crippen LogP contribution in [0, 0.1) is 13.8 Å². The van der Waals surface area contributed by atoms with Crippen LogP contribution in [0.1, 0.15) is 52.9 Å². The number of nitrogens with zero attached hydrogens (tertiary/aromatic N) is 1. The van der Waals surface area contributed by atoms with Crippen LogP contribution in [0.2, 0.25) is 0 Å². The third kappa shape index (κ3) is 4.71. The molecular formula is C25H26F3N3O. The molecule has 0 unspecified atom stereocenters. The summed E-state index contributed by atoms with van der Waals surface area (Å²) in [5.74, 6) is -0.0717. The monoisotopic (exact) mass is 441 g/mol. The second-order valence-corrected chi connectivity index (χ2v) is 8.48. The number of benzene rings is 2. The third-order valence-electron chi connectivity index (χ3n) is 6.28. The van der Waals surface area contributed by atoms with E-state index in [1.54, 1.807) is 24.3 Å². The van der Waals surface area contributed by atoms with Gasteiger partial charge in [0.25, 0.3) is 5.91 Å². The highest BCUT2D eigenvalue weighted by Crippen LogP contribution is 2.34. The van der Waals surface area contributed by atoms with Crippen molar-refractivity contribution in [3.05, 3.63) is 70.9 Å². The standard InChI is InChI=1S/C25H26F3N3O/c1-15-6-5-8-19(16(15)2)24(32)30-18-12-10-17(11-13-18)29-22-14-23(25(26,27)28)31-21-9-4-3-7-20(21)22/h3-9,14,17-18H,10-13H2,1-2H3,(H,29,31)(H,30,32). The summed E-state index contributed by atoms with van der Waals surface area (Å²) in [6.45, 7) is 3.93. The number of alkyl halides is 3. The van der Waals surface area contributed by atoms with E-state index >= 15 is 0 Å². The van der Waals surface area contributed by atoms with Gasteiger partial charge < -0.3 is 10.6 Å². The summed E-state index contributed by atoms with van der Waals surface area (Å²) in [5.41, 5.74) is 2.62. The quantitative estimate of drug-likeness (QED) is 0.520. The number of aromatic nitrogens is 1.